The third-order valence-corrected chi connectivity index (χ3v) is 3.71. The van der Waals surface area contributed by atoms with Gasteiger partial charge in [-0.15, -0.1) is 0 Å². The summed E-state index contributed by atoms with van der Waals surface area (Å²) in [6.45, 7) is 6.55. The molecular weight excluding hydrogens is 237 g/mol. The number of benzene rings is 1. The van der Waals surface area contributed by atoms with Crippen LogP contribution in [0.25, 0.3) is 0 Å². The van der Waals surface area contributed by atoms with Gasteiger partial charge in [0.25, 0.3) is 0 Å². The van der Waals surface area contributed by atoms with Gasteiger partial charge in [-0.2, -0.15) is 0 Å². The van der Waals surface area contributed by atoms with Crippen molar-refractivity contribution in [2.24, 2.45) is 11.3 Å². The fraction of sp³-hybridized carbons (Fsp3) is 0.571. The van der Waals surface area contributed by atoms with Crippen LogP contribution in [0.15, 0.2) is 18.2 Å². The maximum atomic E-state index is 13.4. The van der Waals surface area contributed by atoms with Gasteiger partial charge in [0.15, 0.2) is 0 Å². The Morgan fingerprint density at radius 1 is 1.41 bits per heavy atom. The van der Waals surface area contributed by atoms with Crippen molar-refractivity contribution in [1.29, 1.82) is 0 Å². The molecule has 1 fully saturated rings. The van der Waals surface area contributed by atoms with Crippen molar-refractivity contribution in [1.82, 2.24) is 5.32 Å². The van der Waals surface area contributed by atoms with E-state index in [-0.39, 0.29) is 10.8 Å². The van der Waals surface area contributed by atoms with Crippen LogP contribution in [0.1, 0.15) is 25.8 Å². The van der Waals surface area contributed by atoms with Crippen molar-refractivity contribution in [2.45, 2.75) is 26.7 Å². The zero-order chi connectivity index (χ0) is 12.5. The van der Waals surface area contributed by atoms with E-state index in [2.05, 4.69) is 19.2 Å². The molecule has 94 valence electrons. The van der Waals surface area contributed by atoms with E-state index in [0.29, 0.717) is 11.3 Å². The maximum absolute atomic E-state index is 13.4. The first-order chi connectivity index (χ1) is 8.01. The number of rotatable bonds is 4. The van der Waals surface area contributed by atoms with Crippen LogP contribution in [-0.4, -0.2) is 13.1 Å². The SMILES string of the molecule is CC(C)CC1(Cc2ccc(Cl)c(F)c2)CNC1. The molecule has 0 saturated carbocycles. The summed E-state index contributed by atoms with van der Waals surface area (Å²) in [4.78, 5) is 0. The van der Waals surface area contributed by atoms with E-state index in [1.54, 1.807) is 12.1 Å². The quantitative estimate of drug-likeness (QED) is 0.866. The van der Waals surface area contributed by atoms with Crippen LogP contribution in [-0.2, 0) is 6.42 Å². The molecule has 0 spiro atoms. The molecule has 1 aromatic carbocycles. The molecule has 1 aliphatic heterocycles. The second-order valence-corrected chi connectivity index (χ2v) is 6.03. The van der Waals surface area contributed by atoms with Gasteiger partial charge in [-0.1, -0.05) is 31.5 Å². The largest absolute Gasteiger partial charge is 0.316 e. The monoisotopic (exact) mass is 255 g/mol. The predicted octanol–water partition coefficient (Wildman–Crippen LogP) is 3.66. The molecule has 1 saturated heterocycles. The molecule has 3 heteroatoms. The Morgan fingerprint density at radius 2 is 2.12 bits per heavy atom. The molecule has 1 aromatic rings. The van der Waals surface area contributed by atoms with Crippen LogP contribution in [0, 0.1) is 17.2 Å². The molecule has 1 N–H and O–H groups in total. The molecule has 1 nitrogen and oxygen atoms in total. The van der Waals surface area contributed by atoms with Crippen LogP contribution in [0.2, 0.25) is 5.02 Å². The van der Waals surface area contributed by atoms with Gasteiger partial charge >= 0.3 is 0 Å². The minimum atomic E-state index is -0.309. The van der Waals surface area contributed by atoms with Crippen LogP contribution >= 0.6 is 11.6 Å². The summed E-state index contributed by atoms with van der Waals surface area (Å²) in [6, 6.07) is 5.16. The summed E-state index contributed by atoms with van der Waals surface area (Å²) in [5.41, 5.74) is 1.36. The van der Waals surface area contributed by atoms with Crippen molar-refractivity contribution >= 4 is 11.6 Å². The Labute approximate surface area is 107 Å². The Bertz CT molecular complexity index is 399. The Morgan fingerprint density at radius 3 is 2.59 bits per heavy atom. The molecule has 0 amide bonds. The topological polar surface area (TPSA) is 12.0 Å². The first kappa shape index (κ1) is 12.8. The number of halogens is 2. The number of hydrogen-bond acceptors (Lipinski definition) is 1. The van der Waals surface area contributed by atoms with E-state index in [4.69, 9.17) is 11.6 Å². The second kappa shape index (κ2) is 4.95. The summed E-state index contributed by atoms with van der Waals surface area (Å²) in [5.74, 6) is 0.366. The summed E-state index contributed by atoms with van der Waals surface area (Å²) in [7, 11) is 0. The Kier molecular flexibility index (Phi) is 3.74. The van der Waals surface area contributed by atoms with Gasteiger partial charge in [-0.25, -0.2) is 4.39 Å². The van der Waals surface area contributed by atoms with Gasteiger partial charge in [0.2, 0.25) is 0 Å². The molecular formula is C14H19ClFN. The first-order valence-electron chi connectivity index (χ1n) is 6.15. The molecule has 0 atom stereocenters. The van der Waals surface area contributed by atoms with Gasteiger partial charge in [0, 0.05) is 13.1 Å². The molecule has 0 bridgehead atoms. The third-order valence-electron chi connectivity index (χ3n) is 3.40. The van der Waals surface area contributed by atoms with Crippen molar-refractivity contribution in [3.63, 3.8) is 0 Å². The fourth-order valence-corrected chi connectivity index (χ4v) is 2.89. The Balaban J connectivity index is 2.10. The highest BCUT2D eigenvalue weighted by Gasteiger charge is 2.37. The average Bonchev–Trinajstić information content (AvgIpc) is 2.19. The smallest absolute Gasteiger partial charge is 0.142 e. The van der Waals surface area contributed by atoms with Gasteiger partial charge < -0.3 is 5.32 Å². The lowest BCUT2D eigenvalue weighted by atomic mass is 9.71. The summed E-state index contributed by atoms with van der Waals surface area (Å²) < 4.78 is 13.4. The molecule has 0 unspecified atom stereocenters. The lowest BCUT2D eigenvalue weighted by molar-refractivity contribution is 0.131. The summed E-state index contributed by atoms with van der Waals surface area (Å²) in [6.07, 6.45) is 2.12. The van der Waals surface area contributed by atoms with E-state index >= 15 is 0 Å². The standard InChI is InChI=1S/C14H19ClFN/c1-10(2)6-14(8-17-9-14)7-11-3-4-12(15)13(16)5-11/h3-5,10,17H,6-9H2,1-2H3. The normalized spacial score (nSPS) is 18.2. The molecule has 0 aliphatic carbocycles. The van der Waals surface area contributed by atoms with Crippen molar-refractivity contribution < 1.29 is 4.39 Å². The molecule has 17 heavy (non-hydrogen) atoms. The second-order valence-electron chi connectivity index (χ2n) is 5.63. The Hall–Kier alpha value is -0.600. The van der Waals surface area contributed by atoms with E-state index in [9.17, 15) is 4.39 Å². The van der Waals surface area contributed by atoms with E-state index in [0.717, 1.165) is 25.1 Å². The first-order valence-corrected chi connectivity index (χ1v) is 6.53. The zero-order valence-electron chi connectivity index (χ0n) is 10.4. The highest BCUT2D eigenvalue weighted by Crippen LogP contribution is 2.35. The third kappa shape index (κ3) is 2.99. The van der Waals surface area contributed by atoms with Gasteiger partial charge in [0.1, 0.15) is 5.82 Å². The predicted molar refractivity (Wildman–Crippen MR) is 69.9 cm³/mol. The van der Waals surface area contributed by atoms with Crippen molar-refractivity contribution in [3.05, 3.63) is 34.6 Å². The van der Waals surface area contributed by atoms with Gasteiger partial charge in [-0.05, 0) is 41.9 Å². The number of nitrogens with one attached hydrogen (secondary N) is 1. The van der Waals surface area contributed by atoms with Crippen LogP contribution in [0.5, 0.6) is 0 Å². The average molecular weight is 256 g/mol. The maximum Gasteiger partial charge on any atom is 0.142 e. The molecule has 1 aliphatic rings. The van der Waals surface area contributed by atoms with Crippen molar-refractivity contribution in [2.75, 3.05) is 13.1 Å². The van der Waals surface area contributed by atoms with Crippen molar-refractivity contribution in [3.8, 4) is 0 Å². The zero-order valence-corrected chi connectivity index (χ0v) is 11.1. The van der Waals surface area contributed by atoms with Crippen LogP contribution in [0.4, 0.5) is 4.39 Å². The lowest BCUT2D eigenvalue weighted by Crippen LogP contribution is -2.55. The van der Waals surface area contributed by atoms with E-state index in [1.807, 2.05) is 6.07 Å². The highest BCUT2D eigenvalue weighted by molar-refractivity contribution is 6.30. The van der Waals surface area contributed by atoms with E-state index in [1.165, 1.54) is 6.42 Å². The highest BCUT2D eigenvalue weighted by atomic mass is 35.5. The minimum Gasteiger partial charge on any atom is -0.316 e. The van der Waals surface area contributed by atoms with Gasteiger partial charge in [-0.3, -0.25) is 0 Å². The minimum absolute atomic E-state index is 0.207. The molecule has 1 heterocycles. The lowest BCUT2D eigenvalue weighted by Gasteiger charge is -2.44. The molecule has 0 aromatic heterocycles. The van der Waals surface area contributed by atoms with Crippen LogP contribution in [0.3, 0.4) is 0 Å². The molecule has 0 radical (unpaired) electrons. The summed E-state index contributed by atoms with van der Waals surface area (Å²) >= 11 is 5.70. The number of hydrogen-bond donors (Lipinski definition) is 1. The van der Waals surface area contributed by atoms with Crippen LogP contribution < -0.4 is 5.32 Å². The van der Waals surface area contributed by atoms with E-state index < -0.39 is 0 Å². The fourth-order valence-electron chi connectivity index (χ4n) is 2.77. The summed E-state index contributed by atoms with van der Waals surface area (Å²) in [5, 5.41) is 3.54. The van der Waals surface area contributed by atoms with Gasteiger partial charge in [0.05, 0.1) is 5.02 Å². The molecule has 2 rings (SSSR count).